The first-order chi connectivity index (χ1) is 11.5. The Bertz CT molecular complexity index is 708. The van der Waals surface area contributed by atoms with Gasteiger partial charge < -0.3 is 10.4 Å². The molecular formula is C17H20ClN3O2S. The third kappa shape index (κ3) is 4.13. The summed E-state index contributed by atoms with van der Waals surface area (Å²) >= 11 is 7.68. The number of β-amino-alcohol motifs (C(OH)–C–C–N with tert-alkyl or cyclic N) is 1. The van der Waals surface area contributed by atoms with Crippen LogP contribution in [0.25, 0.3) is 0 Å². The predicted molar refractivity (Wildman–Crippen MR) is 95.5 cm³/mol. The molecule has 0 radical (unpaired) electrons. The monoisotopic (exact) mass is 365 g/mol. The van der Waals surface area contributed by atoms with Gasteiger partial charge in [-0.2, -0.15) is 0 Å². The third-order valence-corrected chi connectivity index (χ3v) is 5.18. The zero-order valence-electron chi connectivity index (χ0n) is 13.4. The lowest BCUT2D eigenvalue weighted by Crippen LogP contribution is -2.53. The van der Waals surface area contributed by atoms with E-state index in [9.17, 15) is 9.90 Å². The SMILES string of the molecule is Cc1ccc(Cl)c(C(=O)N[C@@H]2CCN(Cc3cscn3)C[C@H]2O)c1. The van der Waals surface area contributed by atoms with Crippen molar-refractivity contribution in [3.8, 4) is 0 Å². The topological polar surface area (TPSA) is 65.5 Å². The normalized spacial score (nSPS) is 21.6. The van der Waals surface area contributed by atoms with E-state index in [2.05, 4.69) is 15.2 Å². The van der Waals surface area contributed by atoms with E-state index in [1.165, 1.54) is 0 Å². The van der Waals surface area contributed by atoms with Crippen molar-refractivity contribution >= 4 is 28.8 Å². The number of carbonyl (C=O) groups is 1. The molecule has 0 saturated carbocycles. The molecule has 0 spiro atoms. The number of benzene rings is 1. The van der Waals surface area contributed by atoms with E-state index >= 15 is 0 Å². The molecule has 2 atom stereocenters. The fourth-order valence-electron chi connectivity index (χ4n) is 2.91. The molecule has 128 valence electrons. The van der Waals surface area contributed by atoms with Crippen LogP contribution in [0.15, 0.2) is 29.1 Å². The number of nitrogens with zero attached hydrogens (tertiary/aromatic N) is 2. The van der Waals surface area contributed by atoms with E-state index in [1.54, 1.807) is 23.5 Å². The summed E-state index contributed by atoms with van der Waals surface area (Å²) in [7, 11) is 0. The van der Waals surface area contributed by atoms with Gasteiger partial charge in [0, 0.05) is 25.0 Å². The average molecular weight is 366 g/mol. The fraction of sp³-hybridized carbons (Fsp3) is 0.412. The van der Waals surface area contributed by atoms with Gasteiger partial charge in [0.05, 0.1) is 33.9 Å². The van der Waals surface area contributed by atoms with Crippen molar-refractivity contribution in [2.24, 2.45) is 0 Å². The molecule has 0 aliphatic carbocycles. The molecule has 0 unspecified atom stereocenters. The van der Waals surface area contributed by atoms with Gasteiger partial charge in [-0.15, -0.1) is 11.3 Å². The molecule has 1 aromatic carbocycles. The molecule has 1 saturated heterocycles. The molecule has 2 aromatic rings. The minimum atomic E-state index is -0.607. The van der Waals surface area contributed by atoms with Crippen LogP contribution in [-0.4, -0.2) is 46.1 Å². The van der Waals surface area contributed by atoms with E-state index in [4.69, 9.17) is 11.6 Å². The van der Waals surface area contributed by atoms with E-state index in [0.29, 0.717) is 23.6 Å². The number of halogens is 1. The Morgan fingerprint density at radius 2 is 2.38 bits per heavy atom. The van der Waals surface area contributed by atoms with Gasteiger partial charge in [0.2, 0.25) is 0 Å². The number of hydrogen-bond donors (Lipinski definition) is 2. The fourth-order valence-corrected chi connectivity index (χ4v) is 3.67. The van der Waals surface area contributed by atoms with Gasteiger partial charge in [0.25, 0.3) is 5.91 Å². The summed E-state index contributed by atoms with van der Waals surface area (Å²) in [6.07, 6.45) is 0.0884. The van der Waals surface area contributed by atoms with Gasteiger partial charge >= 0.3 is 0 Å². The lowest BCUT2D eigenvalue weighted by molar-refractivity contribution is 0.0346. The van der Waals surface area contributed by atoms with Crippen molar-refractivity contribution in [2.45, 2.75) is 32.0 Å². The first-order valence-corrected chi connectivity index (χ1v) is 9.19. The second-order valence-electron chi connectivity index (χ2n) is 6.13. The number of rotatable bonds is 4. The van der Waals surface area contributed by atoms with E-state index in [-0.39, 0.29) is 11.9 Å². The summed E-state index contributed by atoms with van der Waals surface area (Å²) in [5.74, 6) is -0.235. The van der Waals surface area contributed by atoms with Gasteiger partial charge in [-0.25, -0.2) is 4.98 Å². The molecular weight excluding hydrogens is 346 g/mol. The zero-order chi connectivity index (χ0) is 17.1. The van der Waals surface area contributed by atoms with Crippen LogP contribution >= 0.6 is 22.9 Å². The molecule has 0 bridgehead atoms. The Labute approximate surface area is 150 Å². The summed E-state index contributed by atoms with van der Waals surface area (Å²) in [6, 6.07) is 5.09. The van der Waals surface area contributed by atoms with E-state index in [1.807, 2.05) is 23.9 Å². The number of likely N-dealkylation sites (tertiary alicyclic amines) is 1. The molecule has 1 aliphatic heterocycles. The molecule has 3 rings (SSSR count). The van der Waals surface area contributed by atoms with Crippen molar-refractivity contribution in [1.29, 1.82) is 0 Å². The molecule has 24 heavy (non-hydrogen) atoms. The number of amides is 1. The summed E-state index contributed by atoms with van der Waals surface area (Å²) in [4.78, 5) is 18.9. The molecule has 1 amide bonds. The number of aliphatic hydroxyl groups excluding tert-OH is 1. The van der Waals surface area contributed by atoms with Gasteiger partial charge in [-0.3, -0.25) is 9.69 Å². The minimum absolute atomic E-state index is 0.235. The highest BCUT2D eigenvalue weighted by Crippen LogP contribution is 2.19. The third-order valence-electron chi connectivity index (χ3n) is 4.22. The van der Waals surface area contributed by atoms with Crippen molar-refractivity contribution in [2.75, 3.05) is 13.1 Å². The highest BCUT2D eigenvalue weighted by molar-refractivity contribution is 7.07. The van der Waals surface area contributed by atoms with E-state index in [0.717, 1.165) is 24.3 Å². The smallest absolute Gasteiger partial charge is 0.253 e. The second-order valence-corrected chi connectivity index (χ2v) is 7.26. The van der Waals surface area contributed by atoms with Gasteiger partial charge in [-0.05, 0) is 25.5 Å². The maximum Gasteiger partial charge on any atom is 0.253 e. The van der Waals surface area contributed by atoms with Gasteiger partial charge in [-0.1, -0.05) is 23.2 Å². The molecule has 7 heteroatoms. The van der Waals surface area contributed by atoms with Crippen LogP contribution in [0.4, 0.5) is 0 Å². The summed E-state index contributed by atoms with van der Waals surface area (Å²) in [5, 5.41) is 15.7. The number of carbonyl (C=O) groups excluding carboxylic acids is 1. The number of hydrogen-bond acceptors (Lipinski definition) is 5. The van der Waals surface area contributed by atoms with Crippen molar-refractivity contribution in [3.05, 3.63) is 50.9 Å². The molecule has 1 aromatic heterocycles. The average Bonchev–Trinajstić information content (AvgIpc) is 3.05. The van der Waals surface area contributed by atoms with Crippen LogP contribution in [0.5, 0.6) is 0 Å². The van der Waals surface area contributed by atoms with Crippen LogP contribution in [0, 0.1) is 6.92 Å². The van der Waals surface area contributed by atoms with Gasteiger partial charge in [0.1, 0.15) is 0 Å². The lowest BCUT2D eigenvalue weighted by atomic mass is 10.0. The Morgan fingerprint density at radius 1 is 1.54 bits per heavy atom. The zero-order valence-corrected chi connectivity index (χ0v) is 15.0. The Hall–Kier alpha value is -1.47. The highest BCUT2D eigenvalue weighted by atomic mass is 35.5. The van der Waals surface area contributed by atoms with Crippen molar-refractivity contribution in [3.63, 3.8) is 0 Å². The number of aliphatic hydroxyl groups is 1. The number of aryl methyl sites for hydroxylation is 1. The predicted octanol–water partition coefficient (Wildman–Crippen LogP) is 2.47. The summed E-state index contributed by atoms with van der Waals surface area (Å²) in [6.45, 7) is 3.97. The largest absolute Gasteiger partial charge is 0.390 e. The van der Waals surface area contributed by atoms with Crippen LogP contribution < -0.4 is 5.32 Å². The van der Waals surface area contributed by atoms with Crippen LogP contribution in [0.1, 0.15) is 28.0 Å². The van der Waals surface area contributed by atoms with Crippen LogP contribution in [-0.2, 0) is 6.54 Å². The Balaban J connectivity index is 1.58. The Morgan fingerprint density at radius 3 is 3.08 bits per heavy atom. The second kappa shape index (κ2) is 7.61. The molecule has 1 fully saturated rings. The first-order valence-electron chi connectivity index (χ1n) is 7.87. The number of thiazole rings is 1. The van der Waals surface area contributed by atoms with Crippen LogP contribution in [0.3, 0.4) is 0 Å². The maximum absolute atomic E-state index is 12.4. The van der Waals surface area contributed by atoms with E-state index < -0.39 is 6.10 Å². The number of nitrogens with one attached hydrogen (secondary N) is 1. The highest BCUT2D eigenvalue weighted by Gasteiger charge is 2.29. The van der Waals surface area contributed by atoms with Crippen molar-refractivity contribution < 1.29 is 9.90 Å². The molecule has 5 nitrogen and oxygen atoms in total. The maximum atomic E-state index is 12.4. The molecule has 2 N–H and O–H groups in total. The summed E-state index contributed by atoms with van der Waals surface area (Å²) in [5.41, 5.74) is 4.25. The number of aromatic nitrogens is 1. The first kappa shape index (κ1) is 17.4. The van der Waals surface area contributed by atoms with Crippen LogP contribution in [0.2, 0.25) is 5.02 Å². The quantitative estimate of drug-likeness (QED) is 0.873. The standard InChI is InChI=1S/C17H20ClN3O2S/c1-11-2-3-14(18)13(6-11)17(23)20-15-4-5-21(8-16(15)22)7-12-9-24-10-19-12/h2-3,6,9-10,15-16,22H,4-5,7-8H2,1H3,(H,20,23)/t15-,16-/m1/s1. The lowest BCUT2D eigenvalue weighted by Gasteiger charge is -2.36. The molecule has 1 aliphatic rings. The number of piperidine rings is 1. The van der Waals surface area contributed by atoms with Gasteiger partial charge in [0.15, 0.2) is 0 Å². The molecule has 2 heterocycles. The minimum Gasteiger partial charge on any atom is -0.390 e. The Kier molecular flexibility index (Phi) is 5.50. The summed E-state index contributed by atoms with van der Waals surface area (Å²) < 4.78 is 0. The van der Waals surface area contributed by atoms with Crippen molar-refractivity contribution in [1.82, 2.24) is 15.2 Å².